The molecule has 0 aromatic heterocycles. The maximum absolute atomic E-state index is 14.0. The quantitative estimate of drug-likeness (QED) is 0.232. The van der Waals surface area contributed by atoms with E-state index in [1.807, 2.05) is 24.3 Å². The molecule has 0 bridgehead atoms. The van der Waals surface area contributed by atoms with Crippen LogP contribution >= 0.6 is 0 Å². The molecule has 5 aliphatic heterocycles. The molecule has 4 atom stereocenters. The van der Waals surface area contributed by atoms with Gasteiger partial charge in [0.2, 0.25) is 17.7 Å². The van der Waals surface area contributed by atoms with E-state index in [4.69, 9.17) is 4.74 Å². The molecule has 2 N–H and O–H groups in total. The second-order valence-electron chi connectivity index (χ2n) is 18.4. The number of aromatic hydroxyl groups is 1. The molecule has 4 aromatic rings. The smallest absolute Gasteiger partial charge is 0.255 e. The van der Waals surface area contributed by atoms with Crippen molar-refractivity contribution >= 4 is 35.0 Å². The first kappa shape index (κ1) is 37.2. The van der Waals surface area contributed by atoms with E-state index < -0.39 is 11.9 Å². The third-order valence-electron chi connectivity index (χ3n) is 15.1. The van der Waals surface area contributed by atoms with Crippen molar-refractivity contribution in [1.29, 1.82) is 0 Å². The summed E-state index contributed by atoms with van der Waals surface area (Å²) in [4.78, 5) is 60.1. The molecule has 4 amide bonds. The number of nitrogens with one attached hydrogen (secondary N) is 1. The average molecular weight is 806 g/mol. The van der Waals surface area contributed by atoms with Gasteiger partial charge in [-0.25, -0.2) is 0 Å². The first-order valence-electron chi connectivity index (χ1n) is 21.9. The van der Waals surface area contributed by atoms with Gasteiger partial charge in [0.25, 0.3) is 5.91 Å². The van der Waals surface area contributed by atoms with Crippen molar-refractivity contribution in [2.75, 3.05) is 49.1 Å². The molecule has 60 heavy (non-hydrogen) atoms. The summed E-state index contributed by atoms with van der Waals surface area (Å²) in [6.07, 6.45) is 6.69. The zero-order valence-electron chi connectivity index (χ0n) is 33.9. The largest absolute Gasteiger partial charge is 0.508 e. The Bertz CT molecular complexity index is 2380. The molecule has 2 aliphatic carbocycles. The summed E-state index contributed by atoms with van der Waals surface area (Å²) in [5.74, 6) is 1.05. The fraction of sp³-hybridized carbons (Fsp3) is 0.429. The van der Waals surface area contributed by atoms with Crippen molar-refractivity contribution in [3.05, 3.63) is 118 Å². The summed E-state index contributed by atoms with van der Waals surface area (Å²) in [7, 11) is 0. The Morgan fingerprint density at radius 2 is 1.60 bits per heavy atom. The zero-order valence-corrected chi connectivity index (χ0v) is 33.9. The molecule has 1 unspecified atom stereocenters. The summed E-state index contributed by atoms with van der Waals surface area (Å²) >= 11 is 0. The number of aryl methyl sites for hydroxylation is 1. The van der Waals surface area contributed by atoms with Crippen LogP contribution in [0, 0.1) is 11.3 Å². The maximum atomic E-state index is 14.0. The predicted octanol–water partition coefficient (Wildman–Crippen LogP) is 6.12. The van der Waals surface area contributed by atoms with Crippen LogP contribution in [0.15, 0.2) is 84.9 Å². The van der Waals surface area contributed by atoms with Crippen LogP contribution in [0.25, 0.3) is 0 Å². The highest BCUT2D eigenvalue weighted by Gasteiger charge is 2.50. The number of imide groups is 1. The normalized spacial score (nSPS) is 25.8. The fourth-order valence-electron chi connectivity index (χ4n) is 11.9. The van der Waals surface area contributed by atoms with Gasteiger partial charge in [-0.3, -0.25) is 24.5 Å². The predicted molar refractivity (Wildman–Crippen MR) is 226 cm³/mol. The summed E-state index contributed by atoms with van der Waals surface area (Å²) in [6, 6.07) is 29.2. The van der Waals surface area contributed by atoms with Gasteiger partial charge in [-0.1, -0.05) is 48.5 Å². The van der Waals surface area contributed by atoms with Crippen molar-refractivity contribution < 1.29 is 29.0 Å². The Hall–Kier alpha value is -5.84. The van der Waals surface area contributed by atoms with E-state index in [1.165, 1.54) is 27.9 Å². The van der Waals surface area contributed by atoms with Gasteiger partial charge in [0, 0.05) is 68.8 Å². The Labute approximate surface area is 350 Å². The minimum Gasteiger partial charge on any atom is -0.508 e. The lowest BCUT2D eigenvalue weighted by Gasteiger charge is -2.54. The van der Waals surface area contributed by atoms with E-state index in [0.29, 0.717) is 62.2 Å². The fourth-order valence-corrected chi connectivity index (χ4v) is 11.9. The second kappa shape index (κ2) is 14.4. The van der Waals surface area contributed by atoms with E-state index in [0.717, 1.165) is 62.9 Å². The number of rotatable bonds is 5. The van der Waals surface area contributed by atoms with Gasteiger partial charge in [0.05, 0.1) is 11.7 Å². The molecule has 7 aliphatic rings. The molecule has 4 aromatic carbocycles. The highest BCUT2D eigenvalue weighted by Crippen LogP contribution is 2.54. The molecule has 0 radical (unpaired) electrons. The van der Waals surface area contributed by atoms with Crippen LogP contribution < -0.4 is 19.9 Å². The van der Waals surface area contributed by atoms with Crippen molar-refractivity contribution in [3.8, 4) is 11.5 Å². The topological polar surface area (TPSA) is 123 Å². The van der Waals surface area contributed by atoms with Gasteiger partial charge in [-0.15, -0.1) is 0 Å². The second-order valence-corrected chi connectivity index (χ2v) is 18.4. The minimum atomic E-state index is -0.656. The van der Waals surface area contributed by atoms with Gasteiger partial charge >= 0.3 is 0 Å². The highest BCUT2D eigenvalue weighted by molar-refractivity contribution is 6.06. The van der Waals surface area contributed by atoms with E-state index in [2.05, 4.69) is 80.7 Å². The van der Waals surface area contributed by atoms with Crippen LogP contribution in [0.1, 0.15) is 95.0 Å². The van der Waals surface area contributed by atoms with Gasteiger partial charge in [0.1, 0.15) is 24.1 Å². The third kappa shape index (κ3) is 6.30. The molecule has 4 fully saturated rings. The molecule has 5 heterocycles. The summed E-state index contributed by atoms with van der Waals surface area (Å²) in [5, 5.41) is 12.6. The number of hydrogen-bond acceptors (Lipinski definition) is 8. The van der Waals surface area contributed by atoms with Gasteiger partial charge in [0.15, 0.2) is 0 Å². The van der Waals surface area contributed by atoms with E-state index in [1.54, 1.807) is 4.90 Å². The van der Waals surface area contributed by atoms with Gasteiger partial charge < -0.3 is 29.4 Å². The number of carbonyl (C=O) groups is 4. The van der Waals surface area contributed by atoms with E-state index >= 15 is 0 Å². The first-order chi connectivity index (χ1) is 29.2. The van der Waals surface area contributed by atoms with Crippen LogP contribution in [-0.4, -0.2) is 89.9 Å². The van der Waals surface area contributed by atoms with Crippen LogP contribution in [0.2, 0.25) is 0 Å². The number of piperidine rings is 2. The molecular weight excluding hydrogens is 755 g/mol. The van der Waals surface area contributed by atoms with E-state index in [-0.39, 0.29) is 47.4 Å². The number of ether oxygens (including phenoxy) is 1. The van der Waals surface area contributed by atoms with Crippen LogP contribution in [0.4, 0.5) is 11.4 Å². The van der Waals surface area contributed by atoms with E-state index in [9.17, 15) is 24.3 Å². The summed E-state index contributed by atoms with van der Waals surface area (Å²) in [6.45, 7) is 4.73. The number of benzene rings is 4. The molecule has 11 rings (SSSR count). The molecule has 1 saturated carbocycles. The molecule has 11 heteroatoms. The lowest BCUT2D eigenvalue weighted by Crippen LogP contribution is -2.60. The Balaban J connectivity index is 0.700. The number of anilines is 2. The lowest BCUT2D eigenvalue weighted by molar-refractivity contribution is -0.145. The van der Waals surface area contributed by atoms with Crippen LogP contribution in [0.5, 0.6) is 11.5 Å². The molecule has 3 saturated heterocycles. The van der Waals surface area contributed by atoms with Gasteiger partial charge in [-0.05, 0) is 120 Å². The summed E-state index contributed by atoms with van der Waals surface area (Å²) < 4.78 is 6.24. The number of fused-ring (bicyclic) bond motifs is 5. The Morgan fingerprint density at radius 3 is 2.38 bits per heavy atom. The van der Waals surface area contributed by atoms with Crippen LogP contribution in [-0.2, 0) is 27.3 Å². The number of carbonyl (C=O) groups excluding carboxylic acids is 4. The third-order valence-corrected chi connectivity index (χ3v) is 15.1. The first-order valence-corrected chi connectivity index (χ1v) is 21.9. The molecule has 308 valence electrons. The lowest BCUT2D eigenvalue weighted by atomic mass is 9.57. The number of phenols is 1. The number of nitrogens with zero attached hydrogens (tertiary/aromatic N) is 4. The number of piperazine rings is 1. The van der Waals surface area contributed by atoms with Crippen molar-refractivity contribution in [1.82, 2.24) is 15.1 Å². The minimum absolute atomic E-state index is 0.0331. The monoisotopic (exact) mass is 805 g/mol. The standard InChI is InChI=1S/C49H51N5O6/c55-37-11-13-39-32(22-37)8-12-38(30-4-2-1-3-5-30)45(39)31-6-9-35(10-7-31)51-18-16-49(17-19-51)25-34(26-49)47(58)52-20-21-53-36(28-52)29-60-43-24-40-33(23-42(43)53)27-54(48(40)59)41-14-15-44(56)50-46(41)57/h1-7,9-11,13,22-24,34,36,38,41,45,55H,8,12,14-21,25-29H2,(H,50,56,57)/t36-,38+,41?,45-/m0/s1. The Morgan fingerprint density at radius 1 is 0.800 bits per heavy atom. The van der Waals surface area contributed by atoms with Crippen molar-refractivity contribution in [2.24, 2.45) is 11.3 Å². The number of phenolic OH excluding ortho intramolecular Hbond substituents is 1. The number of amides is 4. The zero-order chi connectivity index (χ0) is 40.7. The Kier molecular flexibility index (Phi) is 8.93. The van der Waals surface area contributed by atoms with Crippen molar-refractivity contribution in [2.45, 2.75) is 81.8 Å². The summed E-state index contributed by atoms with van der Waals surface area (Å²) in [5.41, 5.74) is 9.10. The molecule has 11 nitrogen and oxygen atoms in total. The highest BCUT2D eigenvalue weighted by atomic mass is 16.5. The number of hydrogen-bond donors (Lipinski definition) is 2. The van der Waals surface area contributed by atoms with Crippen LogP contribution in [0.3, 0.4) is 0 Å². The van der Waals surface area contributed by atoms with Gasteiger partial charge in [-0.2, -0.15) is 0 Å². The SMILES string of the molecule is O=C1CCC(N2Cc3cc4c(cc3C2=O)OC[C@@H]2CN(C(=O)C3CC5(CCN(c6ccc([C@@H]7c8ccc(O)cc8CC[C@@H]7c7ccccc7)cc6)CC5)C3)CCN42)C(=O)N1. The van der Waals surface area contributed by atoms with Crippen molar-refractivity contribution in [3.63, 3.8) is 0 Å². The molecular formula is C49H51N5O6. The maximum Gasteiger partial charge on any atom is 0.255 e. The average Bonchev–Trinajstić information content (AvgIpc) is 3.58. The molecule has 1 spiro atoms.